The maximum absolute atomic E-state index is 12.8. The Hall–Kier alpha value is -1.16. The molecule has 0 spiro atoms. The Morgan fingerprint density at radius 1 is 1.53 bits per heavy atom. The Labute approximate surface area is 89.4 Å². The molecular formula is C11H17FN2O. The number of hydrogen-bond donors (Lipinski definition) is 2. The van der Waals surface area contributed by atoms with E-state index in [1.807, 2.05) is 20.8 Å². The largest absolute Gasteiger partial charge is 0.394 e. The normalized spacial score (nSPS) is 13.7. The van der Waals surface area contributed by atoms with Gasteiger partial charge in [-0.25, -0.2) is 4.98 Å². The summed E-state index contributed by atoms with van der Waals surface area (Å²) in [7, 11) is 0. The number of aliphatic hydroxyl groups excluding tert-OH is 1. The lowest BCUT2D eigenvalue weighted by Crippen LogP contribution is -2.37. The molecule has 0 amide bonds. The number of pyridine rings is 1. The highest BCUT2D eigenvalue weighted by Crippen LogP contribution is 2.22. The van der Waals surface area contributed by atoms with Gasteiger partial charge in [0.05, 0.1) is 12.6 Å². The lowest BCUT2D eigenvalue weighted by Gasteiger charge is -2.30. The van der Waals surface area contributed by atoms with Crippen LogP contribution < -0.4 is 5.32 Å². The fraction of sp³-hybridized carbons (Fsp3) is 0.545. The molecule has 2 N–H and O–H groups in total. The molecule has 0 aromatic carbocycles. The van der Waals surface area contributed by atoms with Crippen molar-refractivity contribution in [2.45, 2.75) is 26.8 Å². The molecule has 1 aromatic rings. The van der Waals surface area contributed by atoms with Crippen molar-refractivity contribution in [3.63, 3.8) is 0 Å². The van der Waals surface area contributed by atoms with E-state index in [2.05, 4.69) is 10.3 Å². The van der Waals surface area contributed by atoms with Crippen molar-refractivity contribution in [3.05, 3.63) is 24.3 Å². The summed E-state index contributed by atoms with van der Waals surface area (Å²) in [6, 6.07) is 2.88. The lowest BCUT2D eigenvalue weighted by atomic mass is 9.87. The minimum atomic E-state index is -0.523. The topological polar surface area (TPSA) is 45.1 Å². The SMILES string of the molecule is CC(C)(C)C(CO)Nc1ccnc(F)c1. The van der Waals surface area contributed by atoms with Crippen molar-refractivity contribution in [1.82, 2.24) is 4.98 Å². The molecule has 1 aromatic heterocycles. The zero-order chi connectivity index (χ0) is 11.5. The molecule has 84 valence electrons. The predicted octanol–water partition coefficient (Wildman–Crippen LogP) is 2.04. The van der Waals surface area contributed by atoms with Gasteiger partial charge in [0.15, 0.2) is 0 Å². The third-order valence-electron chi connectivity index (χ3n) is 2.30. The molecule has 3 nitrogen and oxygen atoms in total. The standard InChI is InChI=1S/C11H17FN2O/c1-11(2,3)9(7-15)14-8-4-5-13-10(12)6-8/h4-6,9,15H,7H2,1-3H3,(H,13,14). The average molecular weight is 212 g/mol. The third-order valence-corrected chi connectivity index (χ3v) is 2.30. The average Bonchev–Trinajstić information content (AvgIpc) is 2.12. The highest BCUT2D eigenvalue weighted by molar-refractivity contribution is 5.42. The van der Waals surface area contributed by atoms with E-state index in [0.717, 1.165) is 0 Å². The molecule has 0 radical (unpaired) electrons. The van der Waals surface area contributed by atoms with Crippen LogP contribution in [0.3, 0.4) is 0 Å². The molecule has 0 saturated carbocycles. The first-order valence-corrected chi connectivity index (χ1v) is 4.92. The molecule has 0 saturated heterocycles. The van der Waals surface area contributed by atoms with Gasteiger partial charge >= 0.3 is 0 Å². The van der Waals surface area contributed by atoms with Gasteiger partial charge < -0.3 is 10.4 Å². The summed E-state index contributed by atoms with van der Waals surface area (Å²) in [6.07, 6.45) is 1.40. The minimum absolute atomic E-state index is 0.00738. The summed E-state index contributed by atoms with van der Waals surface area (Å²) in [5, 5.41) is 12.3. The van der Waals surface area contributed by atoms with Crippen LogP contribution in [-0.2, 0) is 0 Å². The molecule has 15 heavy (non-hydrogen) atoms. The third kappa shape index (κ3) is 3.47. The Balaban J connectivity index is 2.76. The van der Waals surface area contributed by atoms with Crippen LogP contribution >= 0.6 is 0 Å². The van der Waals surface area contributed by atoms with Crippen LogP contribution in [0.2, 0.25) is 0 Å². The van der Waals surface area contributed by atoms with Crippen LogP contribution in [0, 0.1) is 11.4 Å². The second kappa shape index (κ2) is 4.57. The molecule has 0 fully saturated rings. The number of hydrogen-bond acceptors (Lipinski definition) is 3. The Morgan fingerprint density at radius 2 is 2.20 bits per heavy atom. The molecule has 0 aliphatic carbocycles. The summed E-state index contributed by atoms with van der Waals surface area (Å²) in [6.45, 7) is 6.04. The molecule has 0 bridgehead atoms. The Morgan fingerprint density at radius 3 is 2.67 bits per heavy atom. The maximum atomic E-state index is 12.8. The van der Waals surface area contributed by atoms with Crippen LogP contribution in [0.1, 0.15) is 20.8 Å². The highest BCUT2D eigenvalue weighted by Gasteiger charge is 2.23. The van der Waals surface area contributed by atoms with Gasteiger partial charge in [0.25, 0.3) is 0 Å². The van der Waals surface area contributed by atoms with E-state index < -0.39 is 5.95 Å². The Kier molecular flexibility index (Phi) is 3.63. The van der Waals surface area contributed by atoms with E-state index in [4.69, 9.17) is 0 Å². The summed E-state index contributed by atoms with van der Waals surface area (Å²) < 4.78 is 12.8. The van der Waals surface area contributed by atoms with Crippen molar-refractivity contribution in [2.24, 2.45) is 5.41 Å². The first kappa shape index (κ1) is 11.9. The second-order valence-corrected chi connectivity index (χ2v) is 4.61. The zero-order valence-electron chi connectivity index (χ0n) is 9.29. The maximum Gasteiger partial charge on any atom is 0.214 e. The van der Waals surface area contributed by atoms with Crippen molar-refractivity contribution < 1.29 is 9.50 Å². The van der Waals surface area contributed by atoms with Crippen LogP contribution in [0.15, 0.2) is 18.3 Å². The van der Waals surface area contributed by atoms with Gasteiger partial charge in [-0.05, 0) is 11.5 Å². The van der Waals surface area contributed by atoms with E-state index >= 15 is 0 Å². The number of nitrogens with one attached hydrogen (secondary N) is 1. The minimum Gasteiger partial charge on any atom is -0.394 e. The number of anilines is 1. The molecule has 1 atom stereocenters. The molecule has 1 rings (SSSR count). The number of rotatable bonds is 3. The van der Waals surface area contributed by atoms with E-state index in [0.29, 0.717) is 5.69 Å². The number of nitrogens with zero attached hydrogens (tertiary/aromatic N) is 1. The highest BCUT2D eigenvalue weighted by atomic mass is 19.1. The first-order valence-electron chi connectivity index (χ1n) is 4.92. The first-order chi connectivity index (χ1) is 6.93. The lowest BCUT2D eigenvalue weighted by molar-refractivity contribution is 0.202. The van der Waals surface area contributed by atoms with Gasteiger partial charge in [-0.2, -0.15) is 4.39 Å². The molecule has 4 heteroatoms. The van der Waals surface area contributed by atoms with E-state index in [1.165, 1.54) is 12.3 Å². The molecule has 0 aliphatic rings. The van der Waals surface area contributed by atoms with Crippen LogP contribution in [0.4, 0.5) is 10.1 Å². The van der Waals surface area contributed by atoms with Gasteiger partial charge in [-0.15, -0.1) is 0 Å². The number of halogens is 1. The van der Waals surface area contributed by atoms with Crippen molar-refractivity contribution in [2.75, 3.05) is 11.9 Å². The number of aliphatic hydroxyl groups is 1. The van der Waals surface area contributed by atoms with Gasteiger partial charge in [0.2, 0.25) is 5.95 Å². The van der Waals surface area contributed by atoms with Crippen molar-refractivity contribution in [3.8, 4) is 0 Å². The van der Waals surface area contributed by atoms with Gasteiger partial charge in [-0.3, -0.25) is 0 Å². The fourth-order valence-corrected chi connectivity index (χ4v) is 1.23. The van der Waals surface area contributed by atoms with Gasteiger partial charge in [-0.1, -0.05) is 20.8 Å². The molecule has 1 unspecified atom stereocenters. The van der Waals surface area contributed by atoms with E-state index in [1.54, 1.807) is 6.07 Å². The summed E-state index contributed by atoms with van der Waals surface area (Å²) in [5.74, 6) is -0.523. The van der Waals surface area contributed by atoms with Crippen LogP contribution in [-0.4, -0.2) is 22.7 Å². The smallest absolute Gasteiger partial charge is 0.214 e. The molecule has 1 heterocycles. The summed E-state index contributed by atoms with van der Waals surface area (Å²) in [4.78, 5) is 3.47. The fourth-order valence-electron chi connectivity index (χ4n) is 1.23. The molecule has 0 aliphatic heterocycles. The molecular weight excluding hydrogens is 195 g/mol. The van der Waals surface area contributed by atoms with Gasteiger partial charge in [0.1, 0.15) is 0 Å². The monoisotopic (exact) mass is 212 g/mol. The number of aromatic nitrogens is 1. The predicted molar refractivity (Wildman–Crippen MR) is 58.1 cm³/mol. The second-order valence-electron chi connectivity index (χ2n) is 4.61. The van der Waals surface area contributed by atoms with Crippen molar-refractivity contribution >= 4 is 5.69 Å². The van der Waals surface area contributed by atoms with Gasteiger partial charge in [0, 0.05) is 18.0 Å². The van der Waals surface area contributed by atoms with Crippen LogP contribution in [0.5, 0.6) is 0 Å². The quantitative estimate of drug-likeness (QED) is 0.754. The van der Waals surface area contributed by atoms with Crippen LogP contribution in [0.25, 0.3) is 0 Å². The zero-order valence-corrected chi connectivity index (χ0v) is 9.29. The van der Waals surface area contributed by atoms with Crippen molar-refractivity contribution in [1.29, 1.82) is 0 Å². The van der Waals surface area contributed by atoms with E-state index in [-0.39, 0.29) is 18.1 Å². The Bertz CT molecular complexity index is 323. The summed E-state index contributed by atoms with van der Waals surface area (Å²) in [5.41, 5.74) is 0.547. The summed E-state index contributed by atoms with van der Waals surface area (Å²) >= 11 is 0. The van der Waals surface area contributed by atoms with E-state index in [9.17, 15) is 9.50 Å².